The molecule has 1 aromatic carbocycles. The van der Waals surface area contributed by atoms with Crippen LogP contribution in [-0.2, 0) is 12.2 Å². The first-order valence-electron chi connectivity index (χ1n) is 6.95. The summed E-state index contributed by atoms with van der Waals surface area (Å²) in [4.78, 5) is 0. The van der Waals surface area contributed by atoms with Gasteiger partial charge in [0.15, 0.2) is 4.34 Å². The Labute approximate surface area is 141 Å². The summed E-state index contributed by atoms with van der Waals surface area (Å²) >= 11 is 2.99. The highest BCUT2D eigenvalue weighted by Gasteiger charge is 2.09. The summed E-state index contributed by atoms with van der Waals surface area (Å²) in [7, 11) is 1.64. The number of aromatic nitrogens is 4. The van der Waals surface area contributed by atoms with Crippen LogP contribution in [0.5, 0.6) is 5.75 Å². The van der Waals surface area contributed by atoms with E-state index in [1.54, 1.807) is 7.11 Å². The minimum atomic E-state index is 0.584. The van der Waals surface area contributed by atoms with Crippen molar-refractivity contribution in [2.24, 2.45) is 0 Å². The van der Waals surface area contributed by atoms with Crippen molar-refractivity contribution >= 4 is 33.9 Å². The number of benzene rings is 1. The number of hydrogen-bond donors (Lipinski definition) is 1. The SMILES string of the molecule is CCc1nnc(CSc2nnc(Nc3cccc(OC)c3)s2)o1. The van der Waals surface area contributed by atoms with E-state index < -0.39 is 0 Å². The van der Waals surface area contributed by atoms with Crippen LogP contribution in [0.2, 0.25) is 0 Å². The van der Waals surface area contributed by atoms with Crippen LogP contribution in [0.25, 0.3) is 0 Å². The second kappa shape index (κ2) is 7.42. The standard InChI is InChI=1S/C14H15N5O2S2/c1-3-11-16-17-12(21-11)8-22-14-19-18-13(23-14)15-9-5-4-6-10(7-9)20-2/h4-7H,3,8H2,1-2H3,(H,15,18). The number of thioether (sulfide) groups is 1. The molecule has 3 rings (SSSR count). The van der Waals surface area contributed by atoms with E-state index in [0.29, 0.717) is 17.5 Å². The van der Waals surface area contributed by atoms with Gasteiger partial charge >= 0.3 is 0 Å². The lowest BCUT2D eigenvalue weighted by Gasteiger charge is -2.04. The zero-order valence-electron chi connectivity index (χ0n) is 12.6. The number of methoxy groups -OCH3 is 1. The van der Waals surface area contributed by atoms with E-state index in [9.17, 15) is 0 Å². The Morgan fingerprint density at radius 3 is 2.87 bits per heavy atom. The highest BCUT2D eigenvalue weighted by molar-refractivity contribution is 8.00. The van der Waals surface area contributed by atoms with Gasteiger partial charge in [0, 0.05) is 18.2 Å². The van der Waals surface area contributed by atoms with Gasteiger partial charge in [0.25, 0.3) is 0 Å². The summed E-state index contributed by atoms with van der Waals surface area (Å²) in [6.07, 6.45) is 0.741. The topological polar surface area (TPSA) is 86.0 Å². The van der Waals surface area contributed by atoms with Gasteiger partial charge in [-0.2, -0.15) is 0 Å². The van der Waals surface area contributed by atoms with Crippen molar-refractivity contribution in [1.29, 1.82) is 0 Å². The number of rotatable bonds is 7. The van der Waals surface area contributed by atoms with Crippen molar-refractivity contribution in [2.75, 3.05) is 12.4 Å². The van der Waals surface area contributed by atoms with Gasteiger partial charge in [0.1, 0.15) is 5.75 Å². The lowest BCUT2D eigenvalue weighted by atomic mass is 10.3. The molecular formula is C14H15N5O2S2. The van der Waals surface area contributed by atoms with Gasteiger partial charge in [-0.15, -0.1) is 20.4 Å². The lowest BCUT2D eigenvalue weighted by Crippen LogP contribution is -1.90. The molecule has 7 nitrogen and oxygen atoms in total. The summed E-state index contributed by atoms with van der Waals surface area (Å²) in [5.41, 5.74) is 0.904. The van der Waals surface area contributed by atoms with Gasteiger partial charge in [0.05, 0.1) is 12.9 Å². The number of hydrogen-bond acceptors (Lipinski definition) is 9. The quantitative estimate of drug-likeness (QED) is 0.648. The van der Waals surface area contributed by atoms with E-state index >= 15 is 0 Å². The van der Waals surface area contributed by atoms with Crippen LogP contribution in [0, 0.1) is 0 Å². The molecule has 2 heterocycles. The van der Waals surface area contributed by atoms with Crippen molar-refractivity contribution < 1.29 is 9.15 Å². The van der Waals surface area contributed by atoms with Crippen LogP contribution < -0.4 is 10.1 Å². The second-order valence-electron chi connectivity index (χ2n) is 4.46. The molecule has 0 radical (unpaired) electrons. The fourth-order valence-corrected chi connectivity index (χ4v) is 3.36. The zero-order valence-corrected chi connectivity index (χ0v) is 14.3. The first-order chi connectivity index (χ1) is 11.3. The molecule has 9 heteroatoms. The van der Waals surface area contributed by atoms with E-state index in [-0.39, 0.29) is 0 Å². The molecule has 2 aromatic heterocycles. The fourth-order valence-electron chi connectivity index (χ4n) is 1.76. The first-order valence-corrected chi connectivity index (χ1v) is 8.75. The molecule has 0 aliphatic carbocycles. The Kier molecular flexibility index (Phi) is 5.09. The van der Waals surface area contributed by atoms with Crippen molar-refractivity contribution in [1.82, 2.24) is 20.4 Å². The largest absolute Gasteiger partial charge is 0.497 e. The Hall–Kier alpha value is -2.13. The Morgan fingerprint density at radius 1 is 1.22 bits per heavy atom. The predicted octanol–water partition coefficient (Wildman–Crippen LogP) is 3.53. The summed E-state index contributed by atoms with van der Waals surface area (Å²) < 4.78 is 11.5. The number of anilines is 2. The molecule has 0 fully saturated rings. The van der Waals surface area contributed by atoms with Crippen LogP contribution in [-0.4, -0.2) is 27.5 Å². The van der Waals surface area contributed by atoms with Crippen LogP contribution in [0.15, 0.2) is 33.0 Å². The summed E-state index contributed by atoms with van der Waals surface area (Å²) in [6.45, 7) is 1.98. The minimum absolute atomic E-state index is 0.584. The van der Waals surface area contributed by atoms with Gasteiger partial charge in [-0.3, -0.25) is 0 Å². The van der Waals surface area contributed by atoms with Crippen LogP contribution in [0.1, 0.15) is 18.7 Å². The van der Waals surface area contributed by atoms with Crippen molar-refractivity contribution in [2.45, 2.75) is 23.4 Å². The molecule has 0 aliphatic rings. The van der Waals surface area contributed by atoms with Gasteiger partial charge in [-0.1, -0.05) is 36.1 Å². The van der Waals surface area contributed by atoms with Crippen molar-refractivity contribution in [3.05, 3.63) is 36.0 Å². The summed E-state index contributed by atoms with van der Waals surface area (Å²) in [5.74, 6) is 2.63. The van der Waals surface area contributed by atoms with Crippen molar-refractivity contribution in [3.8, 4) is 5.75 Å². The molecule has 0 amide bonds. The lowest BCUT2D eigenvalue weighted by molar-refractivity contribution is 0.415. The molecule has 0 bridgehead atoms. The van der Waals surface area contributed by atoms with Crippen LogP contribution in [0.3, 0.4) is 0 Å². The molecule has 0 saturated carbocycles. The number of nitrogens with one attached hydrogen (secondary N) is 1. The van der Waals surface area contributed by atoms with Crippen molar-refractivity contribution in [3.63, 3.8) is 0 Å². The van der Waals surface area contributed by atoms with E-state index in [0.717, 1.165) is 27.3 Å². The smallest absolute Gasteiger partial charge is 0.226 e. The number of nitrogens with zero attached hydrogens (tertiary/aromatic N) is 4. The average Bonchev–Trinajstić information content (AvgIpc) is 3.22. The normalized spacial score (nSPS) is 10.7. The molecule has 3 aromatic rings. The Bertz CT molecular complexity index is 774. The molecule has 0 aliphatic heterocycles. The van der Waals surface area contributed by atoms with Gasteiger partial charge in [-0.25, -0.2) is 0 Å². The molecule has 1 N–H and O–H groups in total. The zero-order chi connectivity index (χ0) is 16.1. The molecule has 120 valence electrons. The summed E-state index contributed by atoms with van der Waals surface area (Å²) in [6, 6.07) is 7.65. The highest BCUT2D eigenvalue weighted by atomic mass is 32.2. The molecule has 0 spiro atoms. The first kappa shape index (κ1) is 15.8. The third kappa shape index (κ3) is 4.20. The van der Waals surface area contributed by atoms with Gasteiger partial charge < -0.3 is 14.5 Å². The van der Waals surface area contributed by atoms with Crippen LogP contribution >= 0.6 is 23.1 Å². The molecule has 0 saturated heterocycles. The number of ether oxygens (including phenoxy) is 1. The monoisotopic (exact) mass is 349 g/mol. The van der Waals surface area contributed by atoms with E-state index in [1.807, 2.05) is 31.2 Å². The molecule has 0 unspecified atom stereocenters. The van der Waals surface area contributed by atoms with Crippen LogP contribution in [0.4, 0.5) is 10.8 Å². The maximum Gasteiger partial charge on any atom is 0.226 e. The molecule has 0 atom stereocenters. The van der Waals surface area contributed by atoms with E-state index in [2.05, 4.69) is 25.7 Å². The van der Waals surface area contributed by atoms with Gasteiger partial charge in [0.2, 0.25) is 16.9 Å². The maximum atomic E-state index is 5.47. The predicted molar refractivity (Wildman–Crippen MR) is 89.4 cm³/mol. The second-order valence-corrected chi connectivity index (χ2v) is 6.66. The highest BCUT2D eigenvalue weighted by Crippen LogP contribution is 2.30. The summed E-state index contributed by atoms with van der Waals surface area (Å²) in [5, 5.41) is 20.1. The minimum Gasteiger partial charge on any atom is -0.497 e. The fraction of sp³-hybridized carbons (Fsp3) is 0.286. The third-order valence-electron chi connectivity index (χ3n) is 2.86. The van der Waals surface area contributed by atoms with E-state index in [4.69, 9.17) is 9.15 Å². The maximum absolute atomic E-state index is 5.47. The molecular weight excluding hydrogens is 334 g/mol. The molecule has 23 heavy (non-hydrogen) atoms. The van der Waals surface area contributed by atoms with Gasteiger partial charge in [-0.05, 0) is 12.1 Å². The van der Waals surface area contributed by atoms with E-state index in [1.165, 1.54) is 23.1 Å². The Morgan fingerprint density at radius 2 is 2.09 bits per heavy atom. The third-order valence-corrected chi connectivity index (χ3v) is 4.81. The average molecular weight is 349 g/mol. The number of aryl methyl sites for hydroxylation is 1. The Balaban J connectivity index is 1.59.